The topological polar surface area (TPSA) is 86.8 Å². The summed E-state index contributed by atoms with van der Waals surface area (Å²) in [6.45, 7) is 11.6. The SMILES string of the molecule is Cc1ccc(CN(C(=O)CN(c2cccc(C)c2C)S(=O)(=O)c2ccccc2)[C@@H](C)C(=O)NCC(C)C)cc1. The molecule has 3 aromatic rings. The zero-order chi connectivity index (χ0) is 28.7. The minimum atomic E-state index is -4.08. The summed E-state index contributed by atoms with van der Waals surface area (Å²) in [4.78, 5) is 28.6. The molecular weight excluding hydrogens is 510 g/mol. The van der Waals surface area contributed by atoms with Gasteiger partial charge in [-0.2, -0.15) is 0 Å². The molecule has 3 rings (SSSR count). The zero-order valence-corrected chi connectivity index (χ0v) is 24.5. The van der Waals surface area contributed by atoms with Crippen molar-refractivity contribution < 1.29 is 18.0 Å². The second-order valence-electron chi connectivity index (χ2n) is 10.4. The van der Waals surface area contributed by atoms with Gasteiger partial charge in [-0.3, -0.25) is 13.9 Å². The number of aryl methyl sites for hydroxylation is 2. The molecule has 7 nitrogen and oxygen atoms in total. The summed E-state index contributed by atoms with van der Waals surface area (Å²) in [7, 11) is -4.08. The Kier molecular flexibility index (Phi) is 9.92. The second kappa shape index (κ2) is 12.9. The first-order valence-corrected chi connectivity index (χ1v) is 14.6. The molecular formula is C31H39N3O4S. The first kappa shape index (κ1) is 29.9. The molecule has 1 atom stereocenters. The lowest BCUT2D eigenvalue weighted by molar-refractivity contribution is -0.139. The van der Waals surface area contributed by atoms with Crippen LogP contribution in [0.15, 0.2) is 77.7 Å². The van der Waals surface area contributed by atoms with Crippen LogP contribution in [-0.4, -0.2) is 44.3 Å². The fourth-order valence-corrected chi connectivity index (χ4v) is 5.66. The van der Waals surface area contributed by atoms with E-state index in [4.69, 9.17) is 0 Å². The van der Waals surface area contributed by atoms with Crippen LogP contribution in [0.2, 0.25) is 0 Å². The van der Waals surface area contributed by atoms with Crippen LogP contribution in [0, 0.1) is 26.7 Å². The van der Waals surface area contributed by atoms with Gasteiger partial charge in [-0.15, -0.1) is 0 Å². The normalized spacial score (nSPS) is 12.2. The molecule has 0 aliphatic rings. The Hall–Kier alpha value is -3.65. The average molecular weight is 550 g/mol. The van der Waals surface area contributed by atoms with Crippen LogP contribution < -0.4 is 9.62 Å². The highest BCUT2D eigenvalue weighted by atomic mass is 32.2. The number of nitrogens with one attached hydrogen (secondary N) is 1. The Bertz CT molecular complexity index is 1390. The molecule has 39 heavy (non-hydrogen) atoms. The largest absolute Gasteiger partial charge is 0.354 e. The Balaban J connectivity index is 2.04. The zero-order valence-electron chi connectivity index (χ0n) is 23.6. The van der Waals surface area contributed by atoms with Gasteiger partial charge in [-0.25, -0.2) is 8.42 Å². The molecule has 0 radical (unpaired) electrons. The first-order valence-electron chi connectivity index (χ1n) is 13.2. The predicted molar refractivity (Wildman–Crippen MR) is 156 cm³/mol. The summed E-state index contributed by atoms with van der Waals surface area (Å²) >= 11 is 0. The van der Waals surface area contributed by atoms with Crippen molar-refractivity contribution in [2.75, 3.05) is 17.4 Å². The van der Waals surface area contributed by atoms with Gasteiger partial charge in [0.15, 0.2) is 0 Å². The summed E-state index contributed by atoms with van der Waals surface area (Å²) in [6.07, 6.45) is 0. The van der Waals surface area contributed by atoms with Crippen LogP contribution in [0.25, 0.3) is 0 Å². The number of hydrogen-bond acceptors (Lipinski definition) is 4. The van der Waals surface area contributed by atoms with Crippen LogP contribution in [-0.2, 0) is 26.2 Å². The molecule has 0 saturated carbocycles. The van der Waals surface area contributed by atoms with E-state index in [-0.39, 0.29) is 23.3 Å². The standard InChI is InChI=1S/C31H39N3O4S/c1-22(2)19-32-31(36)26(6)33(20-27-17-15-23(3)16-18-27)30(35)21-34(29-14-10-11-24(4)25(29)5)39(37,38)28-12-8-7-9-13-28/h7-18,22,26H,19-21H2,1-6H3,(H,32,36)/t26-/m0/s1. The van der Waals surface area contributed by atoms with Crippen LogP contribution in [0.1, 0.15) is 43.0 Å². The third kappa shape index (κ3) is 7.47. The van der Waals surface area contributed by atoms with Crippen molar-refractivity contribution in [1.29, 1.82) is 0 Å². The van der Waals surface area contributed by atoms with Crippen LogP contribution >= 0.6 is 0 Å². The number of anilines is 1. The van der Waals surface area contributed by atoms with Crippen molar-refractivity contribution in [2.24, 2.45) is 5.92 Å². The van der Waals surface area contributed by atoms with Crippen molar-refractivity contribution in [3.05, 3.63) is 95.1 Å². The minimum Gasteiger partial charge on any atom is -0.354 e. The van der Waals surface area contributed by atoms with Gasteiger partial charge in [0.2, 0.25) is 11.8 Å². The maximum Gasteiger partial charge on any atom is 0.264 e. The van der Waals surface area contributed by atoms with E-state index in [0.717, 1.165) is 26.6 Å². The van der Waals surface area contributed by atoms with Gasteiger partial charge in [0.05, 0.1) is 10.6 Å². The predicted octanol–water partition coefficient (Wildman–Crippen LogP) is 5.00. The van der Waals surface area contributed by atoms with E-state index in [9.17, 15) is 18.0 Å². The number of carbonyl (C=O) groups excluding carboxylic acids is 2. The molecule has 2 amide bonds. The third-order valence-corrected chi connectivity index (χ3v) is 8.55. The van der Waals surface area contributed by atoms with E-state index in [1.165, 1.54) is 17.0 Å². The highest BCUT2D eigenvalue weighted by molar-refractivity contribution is 7.92. The lowest BCUT2D eigenvalue weighted by Gasteiger charge is -2.32. The summed E-state index contributed by atoms with van der Waals surface area (Å²) in [5.41, 5.74) is 4.03. The van der Waals surface area contributed by atoms with E-state index >= 15 is 0 Å². The maximum absolute atomic E-state index is 14.0. The van der Waals surface area contributed by atoms with Gasteiger partial charge in [0.25, 0.3) is 10.0 Å². The maximum atomic E-state index is 14.0. The first-order chi connectivity index (χ1) is 18.4. The van der Waals surface area contributed by atoms with E-state index in [0.29, 0.717) is 12.2 Å². The number of sulfonamides is 1. The quantitative estimate of drug-likeness (QED) is 0.365. The van der Waals surface area contributed by atoms with Gasteiger partial charge >= 0.3 is 0 Å². The number of hydrogen-bond donors (Lipinski definition) is 1. The number of nitrogens with zero attached hydrogens (tertiary/aromatic N) is 2. The summed E-state index contributed by atoms with van der Waals surface area (Å²) < 4.78 is 29.0. The van der Waals surface area contributed by atoms with E-state index < -0.39 is 28.5 Å². The van der Waals surface area contributed by atoms with Gasteiger partial charge in [0.1, 0.15) is 12.6 Å². The molecule has 208 valence electrons. The Morgan fingerprint density at radius 2 is 1.49 bits per heavy atom. The molecule has 0 saturated heterocycles. The Morgan fingerprint density at radius 3 is 2.10 bits per heavy atom. The van der Waals surface area contributed by atoms with Gasteiger partial charge < -0.3 is 10.2 Å². The van der Waals surface area contributed by atoms with Crippen molar-refractivity contribution >= 4 is 27.5 Å². The summed E-state index contributed by atoms with van der Waals surface area (Å²) in [5.74, 6) is -0.505. The smallest absolute Gasteiger partial charge is 0.264 e. The molecule has 0 aliphatic heterocycles. The Labute approximate surface area is 232 Å². The number of rotatable bonds is 11. The van der Waals surface area contributed by atoms with Crippen LogP contribution in [0.3, 0.4) is 0 Å². The van der Waals surface area contributed by atoms with E-state index in [2.05, 4.69) is 5.32 Å². The van der Waals surface area contributed by atoms with Crippen LogP contribution in [0.5, 0.6) is 0 Å². The molecule has 1 N–H and O–H groups in total. The third-order valence-electron chi connectivity index (χ3n) is 6.78. The minimum absolute atomic E-state index is 0.0894. The molecule has 3 aromatic carbocycles. The fourth-order valence-electron chi connectivity index (χ4n) is 4.16. The van der Waals surface area contributed by atoms with E-state index in [1.54, 1.807) is 37.3 Å². The average Bonchev–Trinajstić information content (AvgIpc) is 2.91. The highest BCUT2D eigenvalue weighted by Crippen LogP contribution is 2.29. The molecule has 0 unspecified atom stereocenters. The van der Waals surface area contributed by atoms with Crippen molar-refractivity contribution in [3.8, 4) is 0 Å². The fraction of sp³-hybridized carbons (Fsp3) is 0.355. The monoisotopic (exact) mass is 549 g/mol. The van der Waals surface area contributed by atoms with Gasteiger partial charge in [-0.05, 0) is 68.5 Å². The molecule has 0 aromatic heterocycles. The molecule has 0 fully saturated rings. The highest BCUT2D eigenvalue weighted by Gasteiger charge is 2.33. The summed E-state index contributed by atoms with van der Waals surface area (Å²) in [5, 5.41) is 2.91. The molecule has 0 aliphatic carbocycles. The molecule has 0 spiro atoms. The number of benzene rings is 3. The number of amides is 2. The van der Waals surface area contributed by atoms with Crippen molar-refractivity contribution in [1.82, 2.24) is 10.2 Å². The second-order valence-corrected chi connectivity index (χ2v) is 12.2. The number of carbonyl (C=O) groups is 2. The Morgan fingerprint density at radius 1 is 0.846 bits per heavy atom. The van der Waals surface area contributed by atoms with Crippen molar-refractivity contribution in [3.63, 3.8) is 0 Å². The van der Waals surface area contributed by atoms with E-state index in [1.807, 2.05) is 65.0 Å². The van der Waals surface area contributed by atoms with Crippen molar-refractivity contribution in [2.45, 2.75) is 59.0 Å². The molecule has 0 heterocycles. The summed E-state index contributed by atoms with van der Waals surface area (Å²) in [6, 6.07) is 20.4. The lowest BCUT2D eigenvalue weighted by atomic mass is 10.1. The lowest BCUT2D eigenvalue weighted by Crippen LogP contribution is -2.51. The van der Waals surface area contributed by atoms with Gasteiger partial charge in [-0.1, -0.05) is 74.0 Å². The van der Waals surface area contributed by atoms with Gasteiger partial charge in [0, 0.05) is 13.1 Å². The molecule has 0 bridgehead atoms. The van der Waals surface area contributed by atoms with Crippen LogP contribution in [0.4, 0.5) is 5.69 Å². The molecule has 8 heteroatoms.